The summed E-state index contributed by atoms with van der Waals surface area (Å²) in [7, 11) is 0. The van der Waals surface area contributed by atoms with E-state index in [1.165, 1.54) is 0 Å². The molecule has 148 valence electrons. The molecule has 1 atom stereocenters. The van der Waals surface area contributed by atoms with Crippen LogP contribution in [-0.2, 0) is 16.2 Å². The molecular weight excluding hydrogens is 364 g/mol. The number of hydroxylamine groups is 1. The van der Waals surface area contributed by atoms with Crippen molar-refractivity contribution in [1.82, 2.24) is 10.4 Å². The summed E-state index contributed by atoms with van der Waals surface area (Å²) in [5.41, 5.74) is 4.23. The van der Waals surface area contributed by atoms with Gasteiger partial charge in [0.2, 0.25) is 5.91 Å². The molecule has 0 saturated carbocycles. The minimum atomic E-state index is -0.265. The van der Waals surface area contributed by atoms with Gasteiger partial charge in [0, 0.05) is 18.7 Å². The minimum Gasteiger partial charge on any atom is -0.338 e. The van der Waals surface area contributed by atoms with Crippen molar-refractivity contribution < 1.29 is 14.4 Å². The Morgan fingerprint density at radius 3 is 2.59 bits per heavy atom. The van der Waals surface area contributed by atoms with E-state index in [-0.39, 0.29) is 17.7 Å². The van der Waals surface area contributed by atoms with Gasteiger partial charge in [0.25, 0.3) is 5.91 Å². The van der Waals surface area contributed by atoms with Gasteiger partial charge in [0.1, 0.15) is 0 Å². The van der Waals surface area contributed by atoms with E-state index in [0.29, 0.717) is 25.3 Å². The van der Waals surface area contributed by atoms with E-state index in [4.69, 9.17) is 4.84 Å². The van der Waals surface area contributed by atoms with Crippen molar-refractivity contribution >= 4 is 22.6 Å². The zero-order chi connectivity index (χ0) is 20.1. The molecule has 0 bridgehead atoms. The van der Waals surface area contributed by atoms with Crippen molar-refractivity contribution in [3.63, 3.8) is 0 Å². The number of nitrogens with zero attached hydrogens (tertiary/aromatic N) is 1. The smallest absolute Gasteiger partial charge is 0.254 e. The van der Waals surface area contributed by atoms with E-state index in [1.54, 1.807) is 4.90 Å². The summed E-state index contributed by atoms with van der Waals surface area (Å²) in [5.74, 6) is -0.459. The van der Waals surface area contributed by atoms with Crippen LogP contribution in [0.15, 0.2) is 72.8 Å². The van der Waals surface area contributed by atoms with Gasteiger partial charge < -0.3 is 4.90 Å². The fourth-order valence-electron chi connectivity index (χ4n) is 3.81. The molecule has 0 aliphatic carbocycles. The number of hydrogen-bond acceptors (Lipinski definition) is 3. The van der Waals surface area contributed by atoms with Gasteiger partial charge in [-0.15, -0.1) is 0 Å². The number of hydrogen-bond donors (Lipinski definition) is 1. The van der Waals surface area contributed by atoms with Gasteiger partial charge >= 0.3 is 0 Å². The third-order valence-corrected chi connectivity index (χ3v) is 5.35. The summed E-state index contributed by atoms with van der Waals surface area (Å²) in [6.45, 7) is 1.39. The van der Waals surface area contributed by atoms with Gasteiger partial charge in [-0.2, -0.15) is 0 Å². The predicted octanol–water partition coefficient (Wildman–Crippen LogP) is 3.94. The van der Waals surface area contributed by atoms with Gasteiger partial charge in [-0.1, -0.05) is 66.7 Å². The summed E-state index contributed by atoms with van der Waals surface area (Å²) in [5, 5.41) is 1.98. The second kappa shape index (κ2) is 8.88. The predicted molar refractivity (Wildman–Crippen MR) is 112 cm³/mol. The first-order chi connectivity index (χ1) is 14.2. The van der Waals surface area contributed by atoms with Gasteiger partial charge in [-0.05, 0) is 35.2 Å². The highest BCUT2D eigenvalue weighted by Gasteiger charge is 2.29. The summed E-state index contributed by atoms with van der Waals surface area (Å²) in [6, 6.07) is 23.3. The van der Waals surface area contributed by atoms with E-state index in [9.17, 15) is 9.59 Å². The molecule has 3 aromatic carbocycles. The highest BCUT2D eigenvalue weighted by atomic mass is 16.6. The molecule has 1 saturated heterocycles. The summed E-state index contributed by atoms with van der Waals surface area (Å²) >= 11 is 0. The Bertz CT molecular complexity index is 998. The van der Waals surface area contributed by atoms with Gasteiger partial charge in [-0.3, -0.25) is 14.4 Å². The molecule has 29 heavy (non-hydrogen) atoms. The lowest BCUT2D eigenvalue weighted by Crippen LogP contribution is -2.45. The SMILES string of the molecule is O=C(NOCc1ccccc1)[C@@H]1CCCN(C(=O)c2cccc3ccccc23)C1. The summed E-state index contributed by atoms with van der Waals surface area (Å²) < 4.78 is 0. The Labute approximate surface area is 170 Å². The minimum absolute atomic E-state index is 0.0236. The van der Waals surface area contributed by atoms with E-state index in [2.05, 4.69) is 5.48 Å². The molecular formula is C24H24N2O3. The van der Waals surface area contributed by atoms with Crippen LogP contribution in [0.1, 0.15) is 28.8 Å². The fourth-order valence-corrected chi connectivity index (χ4v) is 3.81. The van der Waals surface area contributed by atoms with Gasteiger partial charge in [0.05, 0.1) is 12.5 Å². The molecule has 3 aromatic rings. The molecule has 0 unspecified atom stereocenters. The lowest BCUT2D eigenvalue weighted by Gasteiger charge is -2.32. The van der Waals surface area contributed by atoms with Crippen LogP contribution < -0.4 is 5.48 Å². The Balaban J connectivity index is 1.38. The van der Waals surface area contributed by atoms with E-state index in [0.717, 1.165) is 29.2 Å². The first kappa shape index (κ1) is 19.2. The van der Waals surface area contributed by atoms with E-state index < -0.39 is 0 Å². The van der Waals surface area contributed by atoms with Crippen LogP contribution in [0.5, 0.6) is 0 Å². The molecule has 0 spiro atoms. The van der Waals surface area contributed by atoms with Crippen LogP contribution in [0, 0.1) is 5.92 Å². The van der Waals surface area contributed by atoms with Crippen molar-refractivity contribution in [3.05, 3.63) is 83.9 Å². The van der Waals surface area contributed by atoms with E-state index >= 15 is 0 Å². The highest BCUT2D eigenvalue weighted by molar-refractivity contribution is 6.07. The molecule has 1 aliphatic heterocycles. The number of piperidine rings is 1. The zero-order valence-corrected chi connectivity index (χ0v) is 16.2. The second-order valence-electron chi connectivity index (χ2n) is 7.36. The number of carbonyl (C=O) groups excluding carboxylic acids is 2. The van der Waals surface area contributed by atoms with E-state index in [1.807, 2.05) is 72.8 Å². The molecule has 1 heterocycles. The highest BCUT2D eigenvalue weighted by Crippen LogP contribution is 2.23. The number of benzene rings is 3. The van der Waals surface area contributed by atoms with Crippen molar-refractivity contribution in [1.29, 1.82) is 0 Å². The Hall–Kier alpha value is -3.18. The molecule has 0 aromatic heterocycles. The summed E-state index contributed by atoms with van der Waals surface area (Å²) in [4.78, 5) is 32.8. The quantitative estimate of drug-likeness (QED) is 0.674. The molecule has 5 nitrogen and oxygen atoms in total. The first-order valence-corrected chi connectivity index (χ1v) is 9.95. The number of rotatable bonds is 5. The standard InChI is InChI=1S/C24H24N2O3/c27-23(25-29-17-18-8-2-1-3-9-18)20-12-7-15-26(16-20)24(28)22-14-6-11-19-10-4-5-13-21(19)22/h1-6,8-11,13-14,20H,7,12,15-17H2,(H,25,27)/t20-/m1/s1. The van der Waals surface area contributed by atoms with Crippen LogP contribution in [0.3, 0.4) is 0 Å². The van der Waals surface area contributed by atoms with Crippen LogP contribution in [0.25, 0.3) is 10.8 Å². The molecule has 0 radical (unpaired) electrons. The van der Waals surface area contributed by atoms with Gasteiger partial charge in [0.15, 0.2) is 0 Å². The monoisotopic (exact) mass is 388 g/mol. The maximum Gasteiger partial charge on any atom is 0.254 e. The summed E-state index contributed by atoms with van der Waals surface area (Å²) in [6.07, 6.45) is 1.55. The Kier molecular flexibility index (Phi) is 5.86. The fraction of sp³-hybridized carbons (Fsp3) is 0.250. The number of fused-ring (bicyclic) bond motifs is 1. The van der Waals surface area contributed by atoms with Crippen LogP contribution in [-0.4, -0.2) is 29.8 Å². The molecule has 1 fully saturated rings. The average Bonchev–Trinajstić information content (AvgIpc) is 2.79. The lowest BCUT2D eigenvalue weighted by molar-refractivity contribution is -0.140. The van der Waals surface area contributed by atoms with Crippen molar-refractivity contribution in [2.24, 2.45) is 5.92 Å². The van der Waals surface area contributed by atoms with Crippen molar-refractivity contribution in [2.75, 3.05) is 13.1 Å². The molecule has 4 rings (SSSR count). The van der Waals surface area contributed by atoms with Crippen LogP contribution in [0.2, 0.25) is 0 Å². The Morgan fingerprint density at radius 1 is 0.966 bits per heavy atom. The number of carbonyl (C=O) groups is 2. The first-order valence-electron chi connectivity index (χ1n) is 9.95. The molecule has 1 N–H and O–H groups in total. The Morgan fingerprint density at radius 2 is 1.72 bits per heavy atom. The average molecular weight is 388 g/mol. The lowest BCUT2D eigenvalue weighted by atomic mass is 9.96. The molecule has 1 aliphatic rings. The van der Waals surface area contributed by atoms with Crippen LogP contribution in [0.4, 0.5) is 0 Å². The number of likely N-dealkylation sites (tertiary alicyclic amines) is 1. The van der Waals surface area contributed by atoms with Gasteiger partial charge in [-0.25, -0.2) is 5.48 Å². The maximum absolute atomic E-state index is 13.1. The zero-order valence-electron chi connectivity index (χ0n) is 16.2. The largest absolute Gasteiger partial charge is 0.338 e. The maximum atomic E-state index is 13.1. The normalized spacial score (nSPS) is 16.6. The third kappa shape index (κ3) is 4.46. The number of nitrogens with one attached hydrogen (secondary N) is 1. The third-order valence-electron chi connectivity index (χ3n) is 5.35. The topological polar surface area (TPSA) is 58.6 Å². The molecule has 2 amide bonds. The molecule has 5 heteroatoms. The van der Waals surface area contributed by atoms with Crippen molar-refractivity contribution in [3.8, 4) is 0 Å². The second-order valence-corrected chi connectivity index (χ2v) is 7.36. The number of amides is 2. The van der Waals surface area contributed by atoms with Crippen LogP contribution >= 0.6 is 0 Å². The van der Waals surface area contributed by atoms with Crippen molar-refractivity contribution in [2.45, 2.75) is 19.4 Å².